The largest absolute Gasteiger partial charge is 0.508 e. The zero-order chi connectivity index (χ0) is 11.7. The highest BCUT2D eigenvalue weighted by atomic mass is 16.4. The lowest BCUT2D eigenvalue weighted by molar-refractivity contribution is -0.146. The summed E-state index contributed by atoms with van der Waals surface area (Å²) in [6.45, 7) is 0. The number of aliphatic carboxylic acids is 1. The molecule has 0 heterocycles. The minimum atomic E-state index is -1.72. The number of carboxylic acid groups (broad SMARTS) is 1. The molecule has 16 heavy (non-hydrogen) atoms. The molecule has 2 aromatic rings. The van der Waals surface area contributed by atoms with E-state index in [9.17, 15) is 15.0 Å². The normalized spacial score (nSPS) is 12.6. The number of benzene rings is 2. The summed E-state index contributed by atoms with van der Waals surface area (Å²) < 4.78 is 0. The van der Waals surface area contributed by atoms with E-state index in [-0.39, 0.29) is 11.3 Å². The Bertz CT molecular complexity index is 548. The molecule has 82 valence electrons. The fourth-order valence-corrected chi connectivity index (χ4v) is 1.69. The molecule has 0 saturated heterocycles. The van der Waals surface area contributed by atoms with Crippen molar-refractivity contribution in [2.75, 3.05) is 0 Å². The van der Waals surface area contributed by atoms with E-state index in [0.29, 0.717) is 5.39 Å². The monoisotopic (exact) mass is 218 g/mol. The standard InChI is InChI=1S/C12H10O4/c13-9-6-5-7-3-1-2-4-8(7)10(9)11(14)12(15)16/h1-6,11,13-14H,(H,15,16). The van der Waals surface area contributed by atoms with Gasteiger partial charge in [0.2, 0.25) is 0 Å². The summed E-state index contributed by atoms with van der Waals surface area (Å²) in [5.41, 5.74) is 0.0330. The summed E-state index contributed by atoms with van der Waals surface area (Å²) in [5.74, 6) is -1.60. The highest BCUT2D eigenvalue weighted by Crippen LogP contribution is 2.32. The van der Waals surface area contributed by atoms with Crippen molar-refractivity contribution in [2.24, 2.45) is 0 Å². The maximum absolute atomic E-state index is 10.7. The van der Waals surface area contributed by atoms with Crippen LogP contribution in [0.15, 0.2) is 36.4 Å². The summed E-state index contributed by atoms with van der Waals surface area (Å²) in [4.78, 5) is 10.7. The Labute approximate surface area is 91.4 Å². The second-order valence-electron chi connectivity index (χ2n) is 3.46. The van der Waals surface area contributed by atoms with E-state index in [1.807, 2.05) is 0 Å². The Balaban J connectivity index is 2.75. The van der Waals surface area contributed by atoms with Crippen LogP contribution < -0.4 is 0 Å². The molecule has 0 aliphatic carbocycles. The molecule has 0 saturated carbocycles. The maximum Gasteiger partial charge on any atom is 0.337 e. The summed E-state index contributed by atoms with van der Waals surface area (Å²) in [6.07, 6.45) is -1.72. The molecular weight excluding hydrogens is 208 g/mol. The van der Waals surface area contributed by atoms with Gasteiger partial charge in [0.1, 0.15) is 5.75 Å². The summed E-state index contributed by atoms with van der Waals surface area (Å²) >= 11 is 0. The van der Waals surface area contributed by atoms with Crippen LogP contribution in [0, 0.1) is 0 Å². The Morgan fingerprint density at radius 3 is 2.50 bits per heavy atom. The average molecular weight is 218 g/mol. The highest BCUT2D eigenvalue weighted by molar-refractivity contribution is 5.92. The molecule has 0 radical (unpaired) electrons. The highest BCUT2D eigenvalue weighted by Gasteiger charge is 2.21. The fraction of sp³-hybridized carbons (Fsp3) is 0.0833. The van der Waals surface area contributed by atoms with Crippen LogP contribution in [0.2, 0.25) is 0 Å². The van der Waals surface area contributed by atoms with Crippen molar-refractivity contribution in [2.45, 2.75) is 6.10 Å². The van der Waals surface area contributed by atoms with Crippen molar-refractivity contribution >= 4 is 16.7 Å². The number of carbonyl (C=O) groups is 1. The molecule has 3 N–H and O–H groups in total. The first-order valence-electron chi connectivity index (χ1n) is 4.72. The molecule has 0 aliphatic heterocycles. The van der Waals surface area contributed by atoms with Crippen molar-refractivity contribution in [1.82, 2.24) is 0 Å². The topological polar surface area (TPSA) is 77.8 Å². The minimum Gasteiger partial charge on any atom is -0.508 e. The van der Waals surface area contributed by atoms with Gasteiger partial charge in [-0.25, -0.2) is 4.79 Å². The number of aliphatic hydroxyl groups excluding tert-OH is 1. The third-order valence-electron chi connectivity index (χ3n) is 2.46. The Morgan fingerprint density at radius 1 is 1.12 bits per heavy atom. The number of rotatable bonds is 2. The molecule has 1 atom stereocenters. The van der Waals surface area contributed by atoms with Crippen LogP contribution >= 0.6 is 0 Å². The molecule has 0 amide bonds. The zero-order valence-electron chi connectivity index (χ0n) is 8.29. The van der Waals surface area contributed by atoms with Crippen LogP contribution in [0.1, 0.15) is 11.7 Å². The minimum absolute atomic E-state index is 0.0330. The van der Waals surface area contributed by atoms with E-state index in [1.54, 1.807) is 30.3 Å². The lowest BCUT2D eigenvalue weighted by Gasteiger charge is -2.11. The summed E-state index contributed by atoms with van der Waals surface area (Å²) in [6, 6.07) is 10.0. The summed E-state index contributed by atoms with van der Waals surface area (Å²) in [7, 11) is 0. The number of aromatic hydroxyl groups is 1. The molecule has 2 rings (SSSR count). The van der Waals surface area contributed by atoms with E-state index >= 15 is 0 Å². The first kappa shape index (κ1) is 10.4. The average Bonchev–Trinajstić information content (AvgIpc) is 2.28. The van der Waals surface area contributed by atoms with Gasteiger partial charge in [0.05, 0.1) is 0 Å². The van der Waals surface area contributed by atoms with Crippen LogP contribution in [0.5, 0.6) is 5.75 Å². The van der Waals surface area contributed by atoms with Gasteiger partial charge in [0, 0.05) is 5.56 Å². The first-order chi connectivity index (χ1) is 7.61. The molecule has 0 aliphatic rings. The van der Waals surface area contributed by atoms with E-state index in [2.05, 4.69) is 0 Å². The van der Waals surface area contributed by atoms with Crippen molar-refractivity contribution in [3.05, 3.63) is 42.0 Å². The molecule has 1 unspecified atom stereocenters. The number of aliphatic hydroxyl groups is 1. The third kappa shape index (κ3) is 1.59. The second-order valence-corrected chi connectivity index (χ2v) is 3.46. The van der Waals surface area contributed by atoms with Gasteiger partial charge in [-0.3, -0.25) is 0 Å². The summed E-state index contributed by atoms with van der Waals surface area (Å²) in [5, 5.41) is 29.2. The molecule has 4 heteroatoms. The predicted molar refractivity (Wildman–Crippen MR) is 58.2 cm³/mol. The molecule has 0 aromatic heterocycles. The molecule has 0 bridgehead atoms. The van der Waals surface area contributed by atoms with Crippen LogP contribution in [0.4, 0.5) is 0 Å². The van der Waals surface area contributed by atoms with Crippen LogP contribution in [0.25, 0.3) is 10.8 Å². The van der Waals surface area contributed by atoms with Gasteiger partial charge >= 0.3 is 5.97 Å². The van der Waals surface area contributed by atoms with Crippen molar-refractivity contribution in [3.8, 4) is 5.75 Å². The molecular formula is C12H10O4. The Kier molecular flexibility index (Phi) is 2.50. The SMILES string of the molecule is O=C(O)C(O)c1c(O)ccc2ccccc12. The lowest BCUT2D eigenvalue weighted by Crippen LogP contribution is -2.11. The second kappa shape index (κ2) is 3.83. The van der Waals surface area contributed by atoms with E-state index in [0.717, 1.165) is 5.39 Å². The van der Waals surface area contributed by atoms with Gasteiger partial charge in [-0.15, -0.1) is 0 Å². The van der Waals surface area contributed by atoms with E-state index in [4.69, 9.17) is 5.11 Å². The fourth-order valence-electron chi connectivity index (χ4n) is 1.69. The number of hydrogen-bond donors (Lipinski definition) is 3. The van der Waals surface area contributed by atoms with Gasteiger partial charge in [-0.2, -0.15) is 0 Å². The molecule has 0 fully saturated rings. The van der Waals surface area contributed by atoms with E-state index in [1.165, 1.54) is 6.07 Å². The Morgan fingerprint density at radius 2 is 1.81 bits per heavy atom. The van der Waals surface area contributed by atoms with Gasteiger partial charge < -0.3 is 15.3 Å². The van der Waals surface area contributed by atoms with Crippen molar-refractivity contribution < 1.29 is 20.1 Å². The molecule has 4 nitrogen and oxygen atoms in total. The number of hydrogen-bond acceptors (Lipinski definition) is 3. The van der Waals surface area contributed by atoms with Gasteiger partial charge in [0.15, 0.2) is 6.10 Å². The number of phenolic OH excluding ortho intramolecular Hbond substituents is 1. The number of fused-ring (bicyclic) bond motifs is 1. The zero-order valence-corrected chi connectivity index (χ0v) is 8.29. The third-order valence-corrected chi connectivity index (χ3v) is 2.46. The lowest BCUT2D eigenvalue weighted by atomic mass is 9.99. The van der Waals surface area contributed by atoms with Gasteiger partial charge in [-0.05, 0) is 16.8 Å². The smallest absolute Gasteiger partial charge is 0.337 e. The van der Waals surface area contributed by atoms with Gasteiger partial charge in [0.25, 0.3) is 0 Å². The Hall–Kier alpha value is -2.07. The number of carboxylic acids is 1. The van der Waals surface area contributed by atoms with Crippen LogP contribution in [-0.2, 0) is 4.79 Å². The predicted octanol–water partition coefficient (Wildman–Crippen LogP) is 1.66. The molecule has 2 aromatic carbocycles. The van der Waals surface area contributed by atoms with Crippen molar-refractivity contribution in [3.63, 3.8) is 0 Å². The first-order valence-corrected chi connectivity index (χ1v) is 4.72. The maximum atomic E-state index is 10.7. The molecule has 0 spiro atoms. The van der Waals surface area contributed by atoms with Gasteiger partial charge in [-0.1, -0.05) is 30.3 Å². The number of phenols is 1. The van der Waals surface area contributed by atoms with Crippen molar-refractivity contribution in [1.29, 1.82) is 0 Å². The van der Waals surface area contributed by atoms with E-state index < -0.39 is 12.1 Å². The van der Waals surface area contributed by atoms with Crippen LogP contribution in [-0.4, -0.2) is 21.3 Å². The quantitative estimate of drug-likeness (QED) is 0.716. The van der Waals surface area contributed by atoms with Crippen LogP contribution in [0.3, 0.4) is 0 Å².